The summed E-state index contributed by atoms with van der Waals surface area (Å²) in [4.78, 5) is 0. The third-order valence-electron chi connectivity index (χ3n) is 3.95. The van der Waals surface area contributed by atoms with Crippen molar-refractivity contribution < 1.29 is 9.31 Å². The Balaban J connectivity index is 2.02. The molecule has 2 heterocycles. The minimum atomic E-state index is -0.198. The molecule has 2 aliphatic heterocycles. The lowest BCUT2D eigenvalue weighted by molar-refractivity contribution is 0.00578. The monoisotopic (exact) mass is 211 g/mol. The standard InChI is InChI=1S/C11H22BNO2/c1-10(2)11(3,4)15-12(14-10)9-7-5-6-8-13-9/h9,13H,5-8H2,1-4H3/t9-/m1/s1. The number of piperidine rings is 1. The molecule has 0 amide bonds. The smallest absolute Gasteiger partial charge is 0.402 e. The van der Waals surface area contributed by atoms with Crippen LogP contribution < -0.4 is 5.32 Å². The second-order valence-electron chi connectivity index (χ2n) is 5.68. The van der Waals surface area contributed by atoms with Crippen molar-refractivity contribution in [2.24, 2.45) is 0 Å². The number of nitrogens with one attached hydrogen (secondary N) is 1. The van der Waals surface area contributed by atoms with Crippen LogP contribution in [-0.4, -0.2) is 30.8 Å². The van der Waals surface area contributed by atoms with Gasteiger partial charge >= 0.3 is 7.12 Å². The van der Waals surface area contributed by atoms with Crippen molar-refractivity contribution in [3.8, 4) is 0 Å². The van der Waals surface area contributed by atoms with E-state index in [0.717, 1.165) is 13.0 Å². The Kier molecular flexibility index (Phi) is 2.86. The molecule has 0 aliphatic carbocycles. The van der Waals surface area contributed by atoms with Crippen LogP contribution in [0, 0.1) is 0 Å². The lowest BCUT2D eigenvalue weighted by atomic mass is 9.74. The zero-order valence-electron chi connectivity index (χ0n) is 10.3. The molecule has 0 radical (unpaired) electrons. The molecule has 4 heteroatoms. The molecule has 1 N–H and O–H groups in total. The van der Waals surface area contributed by atoms with Gasteiger partial charge in [0.2, 0.25) is 0 Å². The number of rotatable bonds is 1. The van der Waals surface area contributed by atoms with Gasteiger partial charge in [0.1, 0.15) is 0 Å². The quantitative estimate of drug-likeness (QED) is 0.670. The molecule has 0 unspecified atom stereocenters. The molecule has 0 aromatic rings. The van der Waals surface area contributed by atoms with Crippen LogP contribution in [0.2, 0.25) is 0 Å². The lowest BCUT2D eigenvalue weighted by Gasteiger charge is -2.32. The summed E-state index contributed by atoms with van der Waals surface area (Å²) in [6.07, 6.45) is 3.72. The third-order valence-corrected chi connectivity index (χ3v) is 3.95. The maximum Gasteiger partial charge on any atom is 0.476 e. The average Bonchev–Trinajstić information content (AvgIpc) is 2.38. The summed E-state index contributed by atoms with van der Waals surface area (Å²) in [7, 11) is -0.0738. The van der Waals surface area contributed by atoms with Crippen LogP contribution in [0.3, 0.4) is 0 Å². The van der Waals surface area contributed by atoms with Crippen molar-refractivity contribution in [1.82, 2.24) is 5.32 Å². The molecule has 0 bridgehead atoms. The highest BCUT2D eigenvalue weighted by Crippen LogP contribution is 2.38. The highest BCUT2D eigenvalue weighted by molar-refractivity contribution is 6.47. The number of hydrogen-bond acceptors (Lipinski definition) is 3. The van der Waals surface area contributed by atoms with Crippen LogP contribution in [0.15, 0.2) is 0 Å². The Morgan fingerprint density at radius 3 is 2.13 bits per heavy atom. The van der Waals surface area contributed by atoms with E-state index in [-0.39, 0.29) is 18.3 Å². The Hall–Kier alpha value is -0.0551. The molecular formula is C11H22BNO2. The lowest BCUT2D eigenvalue weighted by Crippen LogP contribution is -2.47. The Morgan fingerprint density at radius 1 is 1.07 bits per heavy atom. The molecule has 1 atom stereocenters. The highest BCUT2D eigenvalue weighted by Gasteiger charge is 2.53. The minimum Gasteiger partial charge on any atom is -0.402 e. The summed E-state index contributed by atoms with van der Waals surface area (Å²) >= 11 is 0. The molecule has 0 aromatic carbocycles. The zero-order valence-corrected chi connectivity index (χ0v) is 10.3. The first-order valence-corrected chi connectivity index (χ1v) is 6.01. The SMILES string of the molecule is CC1(C)OB([C@H]2CCCCN2)OC1(C)C. The average molecular weight is 211 g/mol. The van der Waals surface area contributed by atoms with Gasteiger partial charge in [0, 0.05) is 5.94 Å². The van der Waals surface area contributed by atoms with Crippen molar-refractivity contribution >= 4 is 7.12 Å². The zero-order chi connectivity index (χ0) is 11.1. The van der Waals surface area contributed by atoms with E-state index in [0.29, 0.717) is 5.94 Å². The molecular weight excluding hydrogens is 189 g/mol. The van der Waals surface area contributed by atoms with E-state index < -0.39 is 0 Å². The van der Waals surface area contributed by atoms with E-state index in [4.69, 9.17) is 9.31 Å². The van der Waals surface area contributed by atoms with Gasteiger partial charge in [-0.3, -0.25) is 0 Å². The van der Waals surface area contributed by atoms with E-state index in [2.05, 4.69) is 33.0 Å². The van der Waals surface area contributed by atoms with Crippen LogP contribution in [0.1, 0.15) is 47.0 Å². The van der Waals surface area contributed by atoms with Gasteiger partial charge in [-0.15, -0.1) is 0 Å². The van der Waals surface area contributed by atoms with Gasteiger partial charge in [0.25, 0.3) is 0 Å². The van der Waals surface area contributed by atoms with Gasteiger partial charge < -0.3 is 14.6 Å². The summed E-state index contributed by atoms with van der Waals surface area (Å²) in [6, 6.07) is 0. The molecule has 15 heavy (non-hydrogen) atoms. The van der Waals surface area contributed by atoms with Gasteiger partial charge in [-0.25, -0.2) is 0 Å². The van der Waals surface area contributed by atoms with E-state index in [1.807, 2.05) is 0 Å². The van der Waals surface area contributed by atoms with Gasteiger partial charge in [-0.2, -0.15) is 0 Å². The number of hydrogen-bond donors (Lipinski definition) is 1. The second kappa shape index (κ2) is 3.76. The van der Waals surface area contributed by atoms with E-state index in [1.54, 1.807) is 0 Å². The Bertz CT molecular complexity index is 221. The summed E-state index contributed by atoms with van der Waals surface area (Å²) in [6.45, 7) is 9.52. The third kappa shape index (κ3) is 2.08. The van der Waals surface area contributed by atoms with Gasteiger partial charge in [0.05, 0.1) is 11.2 Å². The molecule has 86 valence electrons. The fourth-order valence-corrected chi connectivity index (χ4v) is 2.16. The van der Waals surface area contributed by atoms with Crippen LogP contribution in [0.25, 0.3) is 0 Å². The summed E-state index contributed by atoms with van der Waals surface area (Å²) in [5, 5.41) is 3.49. The molecule has 2 saturated heterocycles. The van der Waals surface area contributed by atoms with Crippen molar-refractivity contribution in [3.63, 3.8) is 0 Å². The largest absolute Gasteiger partial charge is 0.476 e. The van der Waals surface area contributed by atoms with Crippen molar-refractivity contribution in [2.75, 3.05) is 6.54 Å². The van der Waals surface area contributed by atoms with Crippen molar-refractivity contribution in [2.45, 2.75) is 64.1 Å². The molecule has 3 nitrogen and oxygen atoms in total. The predicted molar refractivity (Wildman–Crippen MR) is 61.7 cm³/mol. The summed E-state index contributed by atoms with van der Waals surface area (Å²) in [5.41, 5.74) is -0.395. The summed E-state index contributed by atoms with van der Waals surface area (Å²) < 4.78 is 12.0. The first kappa shape index (κ1) is 11.4. The predicted octanol–water partition coefficient (Wildman–Crippen LogP) is 1.76. The maximum atomic E-state index is 6.02. The molecule has 0 aromatic heterocycles. The van der Waals surface area contributed by atoms with Gasteiger partial charge in [-0.1, -0.05) is 6.42 Å². The maximum absolute atomic E-state index is 6.02. The van der Waals surface area contributed by atoms with Crippen LogP contribution >= 0.6 is 0 Å². The molecule has 2 rings (SSSR count). The second-order valence-corrected chi connectivity index (χ2v) is 5.68. The van der Waals surface area contributed by atoms with E-state index in [9.17, 15) is 0 Å². The highest BCUT2D eigenvalue weighted by atomic mass is 16.7. The van der Waals surface area contributed by atoms with E-state index in [1.165, 1.54) is 12.8 Å². The van der Waals surface area contributed by atoms with E-state index >= 15 is 0 Å². The van der Waals surface area contributed by atoms with Crippen molar-refractivity contribution in [1.29, 1.82) is 0 Å². The fourth-order valence-electron chi connectivity index (χ4n) is 2.16. The molecule has 0 saturated carbocycles. The molecule has 0 spiro atoms. The first-order chi connectivity index (χ1) is 6.92. The van der Waals surface area contributed by atoms with Crippen LogP contribution in [0.5, 0.6) is 0 Å². The Labute approximate surface area is 93.0 Å². The van der Waals surface area contributed by atoms with Crippen LogP contribution in [0.4, 0.5) is 0 Å². The Morgan fingerprint density at radius 2 is 1.67 bits per heavy atom. The normalized spacial score (nSPS) is 34.4. The van der Waals surface area contributed by atoms with Gasteiger partial charge in [0.15, 0.2) is 0 Å². The van der Waals surface area contributed by atoms with Crippen LogP contribution in [-0.2, 0) is 9.31 Å². The summed E-state index contributed by atoms with van der Waals surface area (Å²) in [5.74, 6) is 0.375. The first-order valence-electron chi connectivity index (χ1n) is 6.01. The topological polar surface area (TPSA) is 30.5 Å². The molecule has 2 fully saturated rings. The van der Waals surface area contributed by atoms with Crippen molar-refractivity contribution in [3.05, 3.63) is 0 Å². The minimum absolute atomic E-state index is 0.0738. The van der Waals surface area contributed by atoms with Gasteiger partial charge in [-0.05, 0) is 47.1 Å². The fraction of sp³-hybridized carbons (Fsp3) is 1.00. The molecule has 2 aliphatic rings.